The van der Waals surface area contributed by atoms with Crippen LogP contribution in [0, 0.1) is 5.82 Å². The van der Waals surface area contributed by atoms with Crippen molar-refractivity contribution < 1.29 is 18.7 Å². The molecule has 0 radical (unpaired) electrons. The van der Waals surface area contributed by atoms with Crippen LogP contribution in [-0.2, 0) is 19.5 Å². The first-order valence-corrected chi connectivity index (χ1v) is 13.3. The van der Waals surface area contributed by atoms with Crippen LogP contribution in [0.5, 0.6) is 11.5 Å². The highest BCUT2D eigenvalue weighted by Gasteiger charge is 2.19. The fraction of sp³-hybridized carbons (Fsp3) is 0.429. The lowest BCUT2D eigenvalue weighted by Gasteiger charge is -2.22. The number of nitrogens with zero attached hydrogens (tertiary/aromatic N) is 3. The second-order valence-electron chi connectivity index (χ2n) is 8.70. The summed E-state index contributed by atoms with van der Waals surface area (Å²) in [5.41, 5.74) is 2.66. The fourth-order valence-electron chi connectivity index (χ4n) is 4.08. The molecule has 0 atom stereocenters. The van der Waals surface area contributed by atoms with Gasteiger partial charge in [-0.3, -0.25) is 9.69 Å². The fourth-order valence-corrected chi connectivity index (χ4v) is 4.88. The number of benzene rings is 2. The Morgan fingerprint density at radius 1 is 0.917 bits per heavy atom. The zero-order valence-electron chi connectivity index (χ0n) is 21.6. The molecule has 0 N–H and O–H groups in total. The Balaban J connectivity index is 1.74. The molecule has 3 rings (SSSR count). The first kappa shape index (κ1) is 27.6. The molecule has 0 aliphatic rings. The molecule has 3 aromatic rings. The highest BCUT2D eigenvalue weighted by Crippen LogP contribution is 2.28. The van der Waals surface area contributed by atoms with Gasteiger partial charge in [0.15, 0.2) is 11.5 Å². The van der Waals surface area contributed by atoms with Crippen molar-refractivity contribution in [1.29, 1.82) is 0 Å². The minimum atomic E-state index is -0.248. The van der Waals surface area contributed by atoms with Crippen LogP contribution in [0.1, 0.15) is 53.3 Å². The number of thiazole rings is 1. The maximum Gasteiger partial charge on any atom is 0.273 e. The van der Waals surface area contributed by atoms with E-state index in [0.29, 0.717) is 30.3 Å². The maximum absolute atomic E-state index is 13.4. The standard InChI is InChI=1S/C28H36FN3O3S/c1-5-14-32(15-6-2)28(33)24-20-36-27(30-24)19-31(18-22-7-10-23(29)11-8-22)16-13-21-9-12-25(34-3)26(17-21)35-4/h7-12,17,20H,5-6,13-16,18-19H2,1-4H3. The number of hydrogen-bond donors (Lipinski definition) is 0. The van der Waals surface area contributed by atoms with Crippen LogP contribution in [0.3, 0.4) is 0 Å². The van der Waals surface area contributed by atoms with Crippen LogP contribution >= 0.6 is 11.3 Å². The molecule has 0 saturated heterocycles. The third kappa shape index (κ3) is 7.77. The van der Waals surface area contributed by atoms with Crippen molar-refractivity contribution in [2.24, 2.45) is 0 Å². The summed E-state index contributed by atoms with van der Waals surface area (Å²) in [5.74, 6) is 1.15. The first-order valence-electron chi connectivity index (χ1n) is 12.4. The zero-order chi connectivity index (χ0) is 25.9. The van der Waals surface area contributed by atoms with Gasteiger partial charge in [-0.1, -0.05) is 32.0 Å². The topological polar surface area (TPSA) is 54.9 Å². The third-order valence-corrected chi connectivity index (χ3v) is 6.72. The quantitative estimate of drug-likeness (QED) is 0.272. The van der Waals surface area contributed by atoms with Gasteiger partial charge >= 0.3 is 0 Å². The van der Waals surface area contributed by atoms with Crippen LogP contribution in [0.15, 0.2) is 47.8 Å². The van der Waals surface area contributed by atoms with E-state index in [1.54, 1.807) is 14.2 Å². The van der Waals surface area contributed by atoms with Crippen molar-refractivity contribution in [1.82, 2.24) is 14.8 Å². The summed E-state index contributed by atoms with van der Waals surface area (Å²) in [6, 6.07) is 12.5. The second-order valence-corrected chi connectivity index (χ2v) is 9.64. The number of hydrogen-bond acceptors (Lipinski definition) is 6. The molecule has 1 heterocycles. The normalized spacial score (nSPS) is 11.1. The van der Waals surface area contributed by atoms with Crippen LogP contribution in [-0.4, -0.2) is 54.5 Å². The molecular weight excluding hydrogens is 477 g/mol. The summed E-state index contributed by atoms with van der Waals surface area (Å²) < 4.78 is 24.2. The molecule has 1 aromatic heterocycles. The van der Waals surface area contributed by atoms with Crippen molar-refractivity contribution in [2.75, 3.05) is 33.9 Å². The minimum Gasteiger partial charge on any atom is -0.493 e. The van der Waals surface area contributed by atoms with Crippen molar-refractivity contribution in [3.63, 3.8) is 0 Å². The molecule has 0 saturated carbocycles. The average Bonchev–Trinajstić information content (AvgIpc) is 3.36. The van der Waals surface area contributed by atoms with Gasteiger partial charge in [0.25, 0.3) is 5.91 Å². The van der Waals surface area contributed by atoms with E-state index in [1.807, 2.05) is 40.6 Å². The molecule has 0 bridgehead atoms. The number of amides is 1. The highest BCUT2D eigenvalue weighted by molar-refractivity contribution is 7.09. The van der Waals surface area contributed by atoms with E-state index < -0.39 is 0 Å². The van der Waals surface area contributed by atoms with Gasteiger partial charge in [-0.05, 0) is 54.7 Å². The molecule has 6 nitrogen and oxygen atoms in total. The monoisotopic (exact) mass is 513 g/mol. The second kappa shape index (κ2) is 13.9. The number of halogens is 1. The summed E-state index contributed by atoms with van der Waals surface area (Å²) in [6.07, 6.45) is 2.63. The van der Waals surface area contributed by atoms with Crippen molar-refractivity contribution in [2.45, 2.75) is 46.2 Å². The van der Waals surface area contributed by atoms with E-state index in [9.17, 15) is 9.18 Å². The zero-order valence-corrected chi connectivity index (χ0v) is 22.4. The Morgan fingerprint density at radius 2 is 1.58 bits per heavy atom. The molecule has 1 amide bonds. The molecule has 0 fully saturated rings. The molecule has 36 heavy (non-hydrogen) atoms. The van der Waals surface area contributed by atoms with Crippen LogP contribution in [0.25, 0.3) is 0 Å². The molecular formula is C28H36FN3O3S. The Hall–Kier alpha value is -2.97. The van der Waals surface area contributed by atoms with Gasteiger partial charge in [-0.15, -0.1) is 11.3 Å². The summed E-state index contributed by atoms with van der Waals surface area (Å²) in [4.78, 5) is 21.8. The van der Waals surface area contributed by atoms with Crippen LogP contribution < -0.4 is 9.47 Å². The van der Waals surface area contributed by atoms with Gasteiger partial charge in [0, 0.05) is 31.6 Å². The third-order valence-electron chi connectivity index (χ3n) is 5.89. The summed E-state index contributed by atoms with van der Waals surface area (Å²) >= 11 is 1.51. The predicted molar refractivity (Wildman–Crippen MR) is 142 cm³/mol. The molecule has 2 aromatic carbocycles. The van der Waals surface area contributed by atoms with Gasteiger partial charge < -0.3 is 14.4 Å². The minimum absolute atomic E-state index is 0.00314. The largest absolute Gasteiger partial charge is 0.493 e. The van der Waals surface area contributed by atoms with Crippen LogP contribution in [0.2, 0.25) is 0 Å². The predicted octanol–water partition coefficient (Wildman–Crippen LogP) is 5.81. The lowest BCUT2D eigenvalue weighted by Crippen LogP contribution is -2.32. The molecule has 8 heteroatoms. The first-order chi connectivity index (χ1) is 17.5. The van der Waals surface area contributed by atoms with Crippen molar-refractivity contribution in [3.05, 3.63) is 75.5 Å². The van der Waals surface area contributed by atoms with E-state index in [0.717, 1.165) is 55.0 Å². The summed E-state index contributed by atoms with van der Waals surface area (Å²) in [6.45, 7) is 7.64. The number of methoxy groups -OCH3 is 2. The molecule has 194 valence electrons. The Morgan fingerprint density at radius 3 is 2.22 bits per heavy atom. The molecule has 0 aliphatic heterocycles. The van der Waals surface area contributed by atoms with E-state index in [4.69, 9.17) is 9.47 Å². The Bertz CT molecular complexity index is 1100. The van der Waals surface area contributed by atoms with E-state index in [2.05, 4.69) is 23.7 Å². The summed E-state index contributed by atoms with van der Waals surface area (Å²) in [5, 5.41) is 2.75. The lowest BCUT2D eigenvalue weighted by molar-refractivity contribution is 0.0750. The van der Waals surface area contributed by atoms with Gasteiger partial charge in [0.1, 0.15) is 16.5 Å². The van der Waals surface area contributed by atoms with Crippen LogP contribution in [0.4, 0.5) is 4.39 Å². The van der Waals surface area contributed by atoms with E-state index in [-0.39, 0.29) is 11.7 Å². The van der Waals surface area contributed by atoms with E-state index in [1.165, 1.54) is 23.5 Å². The van der Waals surface area contributed by atoms with Gasteiger partial charge in [0.2, 0.25) is 0 Å². The van der Waals surface area contributed by atoms with E-state index >= 15 is 0 Å². The SMILES string of the molecule is CCCN(CCC)C(=O)c1csc(CN(CCc2ccc(OC)c(OC)c2)Cc2ccc(F)cc2)n1. The number of rotatable bonds is 14. The van der Waals surface area contributed by atoms with Gasteiger partial charge in [-0.2, -0.15) is 0 Å². The molecule has 0 aliphatic carbocycles. The summed E-state index contributed by atoms with van der Waals surface area (Å²) in [7, 11) is 3.25. The Kier molecular flexibility index (Phi) is 10.7. The van der Waals surface area contributed by atoms with Gasteiger partial charge in [-0.25, -0.2) is 9.37 Å². The van der Waals surface area contributed by atoms with Crippen molar-refractivity contribution in [3.8, 4) is 11.5 Å². The Labute approximate surface area is 217 Å². The lowest BCUT2D eigenvalue weighted by atomic mass is 10.1. The smallest absolute Gasteiger partial charge is 0.273 e. The number of ether oxygens (including phenoxy) is 2. The molecule has 0 unspecified atom stereocenters. The number of carbonyl (C=O) groups is 1. The maximum atomic E-state index is 13.4. The van der Waals surface area contributed by atoms with Gasteiger partial charge in [0.05, 0.1) is 20.8 Å². The number of aromatic nitrogens is 1. The number of carbonyl (C=O) groups excluding carboxylic acids is 1. The molecule has 0 spiro atoms. The highest BCUT2D eigenvalue weighted by atomic mass is 32.1. The van der Waals surface area contributed by atoms with Crippen molar-refractivity contribution >= 4 is 17.2 Å². The average molecular weight is 514 g/mol.